The topological polar surface area (TPSA) is 49.6 Å². The van der Waals surface area contributed by atoms with E-state index in [2.05, 4.69) is 22.2 Å². The van der Waals surface area contributed by atoms with Crippen molar-refractivity contribution < 1.29 is 4.42 Å². The average Bonchev–Trinajstić information content (AvgIpc) is 3.14. The average molecular weight is 421 g/mol. The third-order valence-corrected chi connectivity index (χ3v) is 4.52. The van der Waals surface area contributed by atoms with Crippen LogP contribution in [0.1, 0.15) is 18.6 Å². The van der Waals surface area contributed by atoms with Gasteiger partial charge in [-0.1, -0.05) is 6.08 Å². The summed E-state index contributed by atoms with van der Waals surface area (Å²) in [6.45, 7) is 6.15. The number of nitrogens with zero attached hydrogens (tertiary/aromatic N) is 1. The minimum absolute atomic E-state index is 0. The van der Waals surface area contributed by atoms with Crippen molar-refractivity contribution in [1.82, 2.24) is 10.6 Å². The van der Waals surface area contributed by atoms with E-state index in [-0.39, 0.29) is 24.0 Å². The quantitative estimate of drug-likeness (QED) is 0.308. The van der Waals surface area contributed by atoms with Gasteiger partial charge in [-0.2, -0.15) is 11.8 Å². The summed E-state index contributed by atoms with van der Waals surface area (Å²) >= 11 is 2.03. The van der Waals surface area contributed by atoms with Crippen LogP contribution >= 0.6 is 35.7 Å². The molecule has 21 heavy (non-hydrogen) atoms. The monoisotopic (exact) mass is 421 g/mol. The molecule has 1 aromatic rings. The van der Waals surface area contributed by atoms with Gasteiger partial charge in [-0.05, 0) is 30.7 Å². The zero-order valence-electron chi connectivity index (χ0n) is 12.2. The van der Waals surface area contributed by atoms with Crippen LogP contribution in [0.3, 0.4) is 0 Å². The van der Waals surface area contributed by atoms with Crippen molar-refractivity contribution in [3.63, 3.8) is 0 Å². The van der Waals surface area contributed by atoms with Crippen molar-refractivity contribution in [2.75, 3.05) is 25.4 Å². The molecule has 0 spiro atoms. The number of rotatable bonds is 7. The summed E-state index contributed by atoms with van der Waals surface area (Å²) in [5, 5.41) is 7.28. The lowest BCUT2D eigenvalue weighted by Gasteiger charge is -2.12. The fourth-order valence-corrected chi connectivity index (χ4v) is 3.26. The highest BCUT2D eigenvalue weighted by atomic mass is 127. The Hall–Kier alpha value is -0.630. The predicted molar refractivity (Wildman–Crippen MR) is 102 cm³/mol. The summed E-state index contributed by atoms with van der Waals surface area (Å²) in [5.41, 5.74) is 0. The van der Waals surface area contributed by atoms with Crippen LogP contribution in [0.25, 0.3) is 0 Å². The van der Waals surface area contributed by atoms with Crippen molar-refractivity contribution in [2.24, 2.45) is 4.99 Å². The Morgan fingerprint density at radius 2 is 2.43 bits per heavy atom. The Morgan fingerprint density at radius 3 is 3.10 bits per heavy atom. The van der Waals surface area contributed by atoms with Gasteiger partial charge in [-0.3, -0.25) is 4.99 Å². The van der Waals surface area contributed by atoms with Gasteiger partial charge in [0.15, 0.2) is 5.96 Å². The number of aliphatic imine (C=N–C) groups is 1. The summed E-state index contributed by atoms with van der Waals surface area (Å²) < 4.78 is 5.32. The first-order valence-corrected chi connectivity index (χ1v) is 8.20. The fraction of sp³-hybridized carbons (Fsp3) is 0.533. The molecule has 4 nitrogen and oxygen atoms in total. The Kier molecular flexibility index (Phi) is 9.65. The van der Waals surface area contributed by atoms with Crippen molar-refractivity contribution in [2.45, 2.75) is 24.5 Å². The van der Waals surface area contributed by atoms with Crippen molar-refractivity contribution in [1.29, 1.82) is 0 Å². The molecule has 1 atom stereocenters. The number of thioether (sulfide) groups is 1. The Morgan fingerprint density at radius 1 is 1.52 bits per heavy atom. The molecule has 0 bridgehead atoms. The minimum atomic E-state index is 0. The van der Waals surface area contributed by atoms with Crippen molar-refractivity contribution >= 4 is 41.7 Å². The Labute approximate surface area is 148 Å². The molecule has 0 aliphatic carbocycles. The zero-order valence-corrected chi connectivity index (χ0v) is 15.4. The van der Waals surface area contributed by atoms with Crippen LogP contribution in [-0.2, 0) is 6.42 Å². The SMILES string of the molecule is C=CCNC(=NCC1CCCS1)NCCc1ccco1.I. The third kappa shape index (κ3) is 7.26. The first-order chi connectivity index (χ1) is 9.88. The van der Waals surface area contributed by atoms with E-state index in [9.17, 15) is 0 Å². The van der Waals surface area contributed by atoms with Crippen LogP contribution < -0.4 is 10.6 Å². The minimum Gasteiger partial charge on any atom is -0.469 e. The number of furan rings is 1. The van der Waals surface area contributed by atoms with E-state index in [4.69, 9.17) is 4.42 Å². The summed E-state index contributed by atoms with van der Waals surface area (Å²) in [5.74, 6) is 3.14. The first kappa shape index (κ1) is 18.4. The summed E-state index contributed by atoms with van der Waals surface area (Å²) in [6.07, 6.45) is 7.02. The van der Waals surface area contributed by atoms with Crippen LogP contribution in [0.15, 0.2) is 40.5 Å². The van der Waals surface area contributed by atoms with Gasteiger partial charge in [0.2, 0.25) is 0 Å². The number of hydrogen-bond acceptors (Lipinski definition) is 3. The highest BCUT2D eigenvalue weighted by Crippen LogP contribution is 2.25. The number of nitrogens with one attached hydrogen (secondary N) is 2. The van der Waals surface area contributed by atoms with Crippen LogP contribution in [0.2, 0.25) is 0 Å². The van der Waals surface area contributed by atoms with Crippen LogP contribution in [0.4, 0.5) is 0 Å². The maximum absolute atomic E-state index is 5.32. The van der Waals surface area contributed by atoms with Gasteiger partial charge >= 0.3 is 0 Å². The first-order valence-electron chi connectivity index (χ1n) is 7.15. The molecule has 1 unspecified atom stereocenters. The number of guanidine groups is 1. The number of halogens is 1. The van der Waals surface area contributed by atoms with Crippen molar-refractivity contribution in [3.8, 4) is 0 Å². The number of hydrogen-bond donors (Lipinski definition) is 2. The maximum atomic E-state index is 5.32. The van der Waals surface area contributed by atoms with Crippen LogP contribution in [-0.4, -0.2) is 36.6 Å². The molecule has 0 amide bonds. The molecule has 1 aromatic heterocycles. The van der Waals surface area contributed by atoms with E-state index < -0.39 is 0 Å². The smallest absolute Gasteiger partial charge is 0.191 e. The van der Waals surface area contributed by atoms with E-state index >= 15 is 0 Å². The molecule has 2 rings (SSSR count). The van der Waals surface area contributed by atoms with Crippen molar-refractivity contribution in [3.05, 3.63) is 36.8 Å². The van der Waals surface area contributed by atoms with Gasteiger partial charge in [0, 0.05) is 24.8 Å². The Bertz CT molecular complexity index is 417. The van der Waals surface area contributed by atoms with Crippen LogP contribution in [0.5, 0.6) is 0 Å². The lowest BCUT2D eigenvalue weighted by molar-refractivity contribution is 0.507. The van der Waals surface area contributed by atoms with Crippen LogP contribution in [0, 0.1) is 0 Å². The second kappa shape index (κ2) is 11.0. The van der Waals surface area contributed by atoms with Gasteiger partial charge in [-0.25, -0.2) is 0 Å². The normalized spacial score (nSPS) is 18.1. The van der Waals surface area contributed by atoms with Gasteiger partial charge in [0.1, 0.15) is 5.76 Å². The highest BCUT2D eigenvalue weighted by Gasteiger charge is 2.14. The molecular weight excluding hydrogens is 397 g/mol. The Balaban J connectivity index is 0.00000220. The fourth-order valence-electron chi connectivity index (χ4n) is 2.08. The lowest BCUT2D eigenvalue weighted by Crippen LogP contribution is -2.39. The van der Waals surface area contributed by atoms with Gasteiger partial charge in [-0.15, -0.1) is 30.6 Å². The van der Waals surface area contributed by atoms with E-state index in [0.717, 1.165) is 37.8 Å². The van der Waals surface area contributed by atoms with E-state index in [1.54, 1.807) is 6.26 Å². The molecule has 1 saturated heterocycles. The van der Waals surface area contributed by atoms with E-state index in [1.807, 2.05) is 30.0 Å². The largest absolute Gasteiger partial charge is 0.469 e. The summed E-state index contributed by atoms with van der Waals surface area (Å²) in [4.78, 5) is 4.66. The molecule has 0 saturated carbocycles. The molecule has 1 aliphatic rings. The third-order valence-electron chi connectivity index (χ3n) is 3.13. The molecule has 1 fully saturated rings. The lowest BCUT2D eigenvalue weighted by atomic mass is 10.2. The maximum Gasteiger partial charge on any atom is 0.191 e. The molecule has 0 radical (unpaired) electrons. The molecule has 6 heteroatoms. The zero-order chi connectivity index (χ0) is 14.0. The second-order valence-electron chi connectivity index (χ2n) is 4.75. The molecule has 2 heterocycles. The van der Waals surface area contributed by atoms with Gasteiger partial charge in [0.05, 0.1) is 12.8 Å². The summed E-state index contributed by atoms with van der Waals surface area (Å²) in [6, 6.07) is 3.91. The predicted octanol–water partition coefficient (Wildman–Crippen LogP) is 3.06. The summed E-state index contributed by atoms with van der Waals surface area (Å²) in [7, 11) is 0. The van der Waals surface area contributed by atoms with E-state index in [1.165, 1.54) is 18.6 Å². The molecule has 1 aliphatic heterocycles. The highest BCUT2D eigenvalue weighted by molar-refractivity contribution is 14.0. The second-order valence-corrected chi connectivity index (χ2v) is 6.16. The van der Waals surface area contributed by atoms with E-state index in [0.29, 0.717) is 5.25 Å². The van der Waals surface area contributed by atoms with Gasteiger partial charge < -0.3 is 15.1 Å². The molecular formula is C15H24IN3OS. The molecule has 2 N–H and O–H groups in total. The molecule has 0 aromatic carbocycles. The standard InChI is InChI=1S/C15H23N3OS.HI/c1-2-8-16-15(18-12-14-6-4-11-20-14)17-9-7-13-5-3-10-19-13;/h2-3,5,10,14H,1,4,6-9,11-12H2,(H2,16,17,18);1H. The van der Waals surface area contributed by atoms with Gasteiger partial charge in [0.25, 0.3) is 0 Å². The molecule has 118 valence electrons.